The molecule has 6 nitrogen and oxygen atoms in total. The van der Waals surface area contributed by atoms with Crippen LogP contribution < -0.4 is 5.43 Å². The lowest BCUT2D eigenvalue weighted by Crippen LogP contribution is -2.39. The molecule has 0 aliphatic carbocycles. The number of rotatable bonds is 8. The Balaban J connectivity index is 1.75. The Morgan fingerprint density at radius 2 is 1.58 bits per heavy atom. The van der Waals surface area contributed by atoms with Gasteiger partial charge in [0.25, 0.3) is 5.91 Å². The highest BCUT2D eigenvalue weighted by Gasteiger charge is 2.26. The molecule has 160 valence electrons. The molecule has 0 unspecified atom stereocenters. The van der Waals surface area contributed by atoms with Crippen molar-refractivity contribution in [3.05, 3.63) is 100 Å². The van der Waals surface area contributed by atoms with Gasteiger partial charge in [0.05, 0.1) is 27.7 Å². The molecule has 0 bridgehead atoms. The Morgan fingerprint density at radius 1 is 0.935 bits per heavy atom. The van der Waals surface area contributed by atoms with Crippen LogP contribution >= 0.6 is 23.2 Å². The summed E-state index contributed by atoms with van der Waals surface area (Å²) in [4.78, 5) is 12.6. The minimum absolute atomic E-state index is 0.0436. The molecule has 0 atom stereocenters. The first kappa shape index (κ1) is 23.0. The Bertz CT molecular complexity index is 1170. The van der Waals surface area contributed by atoms with Crippen molar-refractivity contribution in [3.63, 3.8) is 0 Å². The van der Waals surface area contributed by atoms with Gasteiger partial charge in [-0.25, -0.2) is 13.8 Å². The Morgan fingerprint density at radius 3 is 2.23 bits per heavy atom. The fourth-order valence-corrected chi connectivity index (χ4v) is 4.43. The minimum atomic E-state index is -3.89. The summed E-state index contributed by atoms with van der Waals surface area (Å²) >= 11 is 11.8. The second kappa shape index (κ2) is 10.5. The smallest absolute Gasteiger partial charge is 0.255 e. The second-order valence-corrected chi connectivity index (χ2v) is 9.29. The summed E-state index contributed by atoms with van der Waals surface area (Å²) in [7, 11) is -3.89. The molecule has 3 aromatic rings. The molecule has 0 radical (unpaired) electrons. The molecule has 0 aliphatic rings. The monoisotopic (exact) mass is 475 g/mol. The molecule has 0 aliphatic heterocycles. The summed E-state index contributed by atoms with van der Waals surface area (Å²) in [6.45, 7) is -0.354. The molecule has 1 N–H and O–H groups in total. The predicted molar refractivity (Wildman–Crippen MR) is 123 cm³/mol. The molecule has 0 spiro atoms. The summed E-state index contributed by atoms with van der Waals surface area (Å²) in [6.07, 6.45) is 1.40. The predicted octanol–water partition coefficient (Wildman–Crippen LogP) is 4.33. The normalized spacial score (nSPS) is 11.7. The van der Waals surface area contributed by atoms with E-state index in [1.54, 1.807) is 48.5 Å². The van der Waals surface area contributed by atoms with Gasteiger partial charge in [0.1, 0.15) is 0 Å². The van der Waals surface area contributed by atoms with E-state index in [1.165, 1.54) is 18.3 Å². The fourth-order valence-electron chi connectivity index (χ4n) is 2.72. The molecule has 1 amide bonds. The molecule has 3 rings (SSSR count). The lowest BCUT2D eigenvalue weighted by molar-refractivity contribution is -0.121. The van der Waals surface area contributed by atoms with Gasteiger partial charge in [-0.05, 0) is 35.4 Å². The second-order valence-electron chi connectivity index (χ2n) is 6.54. The number of hydrazone groups is 1. The van der Waals surface area contributed by atoms with Crippen LogP contribution in [0.4, 0.5) is 0 Å². The van der Waals surface area contributed by atoms with E-state index in [-0.39, 0.29) is 11.4 Å². The largest absolute Gasteiger partial charge is 0.272 e. The Kier molecular flexibility index (Phi) is 7.81. The summed E-state index contributed by atoms with van der Waals surface area (Å²) in [5, 5.41) is 4.65. The molecule has 0 fully saturated rings. The van der Waals surface area contributed by atoms with Gasteiger partial charge < -0.3 is 0 Å². The van der Waals surface area contributed by atoms with Crippen molar-refractivity contribution in [2.75, 3.05) is 6.54 Å². The minimum Gasteiger partial charge on any atom is -0.272 e. The standard InChI is InChI=1S/C22H19Cl2N3O3S/c23-20-12-11-18(13-21(20)24)14-25-26-22(28)16-27(15-17-7-3-1-4-8-17)31(29,30)19-9-5-2-6-10-19/h1-14H,15-16H2,(H,26,28)/b25-14-. The number of amides is 1. The highest BCUT2D eigenvalue weighted by Crippen LogP contribution is 2.22. The molecule has 31 heavy (non-hydrogen) atoms. The van der Waals surface area contributed by atoms with Crippen LogP contribution in [0.15, 0.2) is 88.9 Å². The van der Waals surface area contributed by atoms with Gasteiger partial charge in [-0.1, -0.05) is 77.8 Å². The van der Waals surface area contributed by atoms with Gasteiger partial charge in [0.15, 0.2) is 0 Å². The number of hydrogen-bond donors (Lipinski definition) is 1. The third kappa shape index (κ3) is 6.38. The highest BCUT2D eigenvalue weighted by molar-refractivity contribution is 7.89. The molecular weight excluding hydrogens is 457 g/mol. The zero-order valence-electron chi connectivity index (χ0n) is 16.3. The van der Waals surface area contributed by atoms with E-state index in [0.717, 1.165) is 9.87 Å². The average molecular weight is 476 g/mol. The number of halogens is 2. The number of benzene rings is 3. The number of hydrogen-bond acceptors (Lipinski definition) is 4. The van der Waals surface area contributed by atoms with Crippen LogP contribution in [-0.2, 0) is 21.4 Å². The van der Waals surface area contributed by atoms with Gasteiger partial charge in [0, 0.05) is 6.54 Å². The van der Waals surface area contributed by atoms with E-state index in [4.69, 9.17) is 23.2 Å². The van der Waals surface area contributed by atoms with Gasteiger partial charge >= 0.3 is 0 Å². The van der Waals surface area contributed by atoms with Crippen LogP contribution in [0.3, 0.4) is 0 Å². The van der Waals surface area contributed by atoms with Crippen LogP contribution in [0.5, 0.6) is 0 Å². The van der Waals surface area contributed by atoms with Crippen molar-refractivity contribution in [2.45, 2.75) is 11.4 Å². The molecule has 3 aromatic carbocycles. The zero-order chi connectivity index (χ0) is 22.3. The van der Waals surface area contributed by atoms with Crippen molar-refractivity contribution in [3.8, 4) is 0 Å². The van der Waals surface area contributed by atoms with Gasteiger partial charge in [-0.2, -0.15) is 9.41 Å². The van der Waals surface area contributed by atoms with Crippen molar-refractivity contribution >= 4 is 45.3 Å². The van der Waals surface area contributed by atoms with E-state index < -0.39 is 22.5 Å². The number of nitrogens with zero attached hydrogens (tertiary/aromatic N) is 2. The molecule has 0 heterocycles. The maximum absolute atomic E-state index is 13.1. The molecule has 0 saturated carbocycles. The number of carbonyl (C=O) groups is 1. The number of carbonyl (C=O) groups excluding carboxylic acids is 1. The summed E-state index contributed by atoms with van der Waals surface area (Å²) in [6, 6.07) is 21.9. The highest BCUT2D eigenvalue weighted by atomic mass is 35.5. The van der Waals surface area contributed by atoms with Crippen molar-refractivity contribution in [2.24, 2.45) is 5.10 Å². The van der Waals surface area contributed by atoms with Gasteiger partial charge in [-0.3, -0.25) is 4.79 Å². The Labute approximate surface area is 191 Å². The van der Waals surface area contributed by atoms with Crippen molar-refractivity contribution < 1.29 is 13.2 Å². The van der Waals surface area contributed by atoms with Crippen LogP contribution in [0, 0.1) is 0 Å². The summed E-state index contributed by atoms with van der Waals surface area (Å²) in [5.41, 5.74) is 3.74. The van der Waals surface area contributed by atoms with Crippen molar-refractivity contribution in [1.82, 2.24) is 9.73 Å². The zero-order valence-corrected chi connectivity index (χ0v) is 18.6. The summed E-state index contributed by atoms with van der Waals surface area (Å²) in [5.74, 6) is -0.577. The molecule has 9 heteroatoms. The first-order valence-electron chi connectivity index (χ1n) is 9.22. The van der Waals surface area contributed by atoms with Crippen LogP contribution in [0.25, 0.3) is 0 Å². The number of sulfonamides is 1. The van der Waals surface area contributed by atoms with Crippen LogP contribution in [-0.4, -0.2) is 31.4 Å². The lowest BCUT2D eigenvalue weighted by atomic mass is 10.2. The van der Waals surface area contributed by atoms with Crippen LogP contribution in [0.2, 0.25) is 10.0 Å². The van der Waals surface area contributed by atoms with E-state index in [0.29, 0.717) is 15.6 Å². The van der Waals surface area contributed by atoms with Gasteiger partial charge in [-0.15, -0.1) is 0 Å². The van der Waals surface area contributed by atoms with Crippen LogP contribution in [0.1, 0.15) is 11.1 Å². The Hall–Kier alpha value is -2.71. The topological polar surface area (TPSA) is 78.8 Å². The first-order chi connectivity index (χ1) is 14.9. The third-order valence-electron chi connectivity index (χ3n) is 4.25. The third-order valence-corrected chi connectivity index (χ3v) is 6.79. The molecular formula is C22H19Cl2N3O3S. The fraction of sp³-hybridized carbons (Fsp3) is 0.0909. The van der Waals surface area contributed by atoms with Crippen molar-refractivity contribution in [1.29, 1.82) is 0 Å². The maximum Gasteiger partial charge on any atom is 0.255 e. The summed E-state index contributed by atoms with van der Waals surface area (Å²) < 4.78 is 27.3. The van der Waals surface area contributed by atoms with E-state index in [1.807, 2.05) is 18.2 Å². The first-order valence-corrected chi connectivity index (χ1v) is 11.4. The average Bonchev–Trinajstić information content (AvgIpc) is 2.77. The van der Waals surface area contributed by atoms with Gasteiger partial charge in [0.2, 0.25) is 10.0 Å². The molecule has 0 saturated heterocycles. The van der Waals surface area contributed by atoms with E-state index in [9.17, 15) is 13.2 Å². The van der Waals surface area contributed by atoms with E-state index >= 15 is 0 Å². The maximum atomic E-state index is 13.1. The lowest BCUT2D eigenvalue weighted by Gasteiger charge is -2.21. The van der Waals surface area contributed by atoms with E-state index in [2.05, 4.69) is 10.5 Å². The quantitative estimate of drug-likeness (QED) is 0.388. The SMILES string of the molecule is O=C(CN(Cc1ccccc1)S(=O)(=O)c1ccccc1)N/N=C\c1ccc(Cl)c(Cl)c1. The number of nitrogens with one attached hydrogen (secondary N) is 1. The molecule has 0 aromatic heterocycles.